The van der Waals surface area contributed by atoms with Crippen molar-refractivity contribution in [1.82, 2.24) is 0 Å². The van der Waals surface area contributed by atoms with Gasteiger partial charge in [-0.15, -0.1) is 0 Å². The molecule has 3 heteroatoms. The van der Waals surface area contributed by atoms with Crippen molar-refractivity contribution in [2.75, 3.05) is 0 Å². The molecule has 2 aliphatic carbocycles. The zero-order valence-corrected chi connectivity index (χ0v) is 9.11. The zero-order valence-electron chi connectivity index (χ0n) is 9.11. The van der Waals surface area contributed by atoms with E-state index in [1.807, 2.05) is 0 Å². The van der Waals surface area contributed by atoms with E-state index in [9.17, 15) is 15.0 Å². The molecule has 0 bridgehead atoms. The molecule has 0 aromatic carbocycles. The maximum absolute atomic E-state index is 11.8. The molecule has 0 aromatic heterocycles. The van der Waals surface area contributed by atoms with E-state index in [-0.39, 0.29) is 11.7 Å². The van der Waals surface area contributed by atoms with Gasteiger partial charge in [0.25, 0.3) is 0 Å². The van der Waals surface area contributed by atoms with Crippen LogP contribution in [0.4, 0.5) is 0 Å². The molecule has 3 atom stereocenters. The maximum atomic E-state index is 11.8. The number of hydrogen-bond acceptors (Lipinski definition) is 3. The maximum Gasteiger partial charge on any atom is 0.138 e. The molecule has 2 fully saturated rings. The lowest BCUT2D eigenvalue weighted by Crippen LogP contribution is -2.54. The molecule has 0 radical (unpaired) electrons. The average Bonchev–Trinajstić information content (AvgIpc) is 2.23. The summed E-state index contributed by atoms with van der Waals surface area (Å²) in [6.07, 6.45) is 5.71. The van der Waals surface area contributed by atoms with Crippen LogP contribution in [-0.2, 0) is 4.79 Å². The van der Waals surface area contributed by atoms with Crippen LogP contribution in [0.2, 0.25) is 0 Å². The van der Waals surface area contributed by atoms with Gasteiger partial charge in [-0.25, -0.2) is 0 Å². The lowest BCUT2D eigenvalue weighted by Gasteiger charge is -2.43. The summed E-state index contributed by atoms with van der Waals surface area (Å²) in [6, 6.07) is 0. The van der Waals surface area contributed by atoms with Crippen molar-refractivity contribution in [1.29, 1.82) is 0 Å². The van der Waals surface area contributed by atoms with Crippen LogP contribution in [0.5, 0.6) is 0 Å². The summed E-state index contributed by atoms with van der Waals surface area (Å²) in [5, 5.41) is 20.4. The molecule has 2 aliphatic rings. The van der Waals surface area contributed by atoms with Gasteiger partial charge in [0.1, 0.15) is 11.4 Å². The average molecular weight is 212 g/mol. The van der Waals surface area contributed by atoms with Crippen molar-refractivity contribution in [2.45, 2.75) is 63.1 Å². The largest absolute Gasteiger partial charge is 0.390 e. The summed E-state index contributed by atoms with van der Waals surface area (Å²) in [5.41, 5.74) is -1.12. The predicted octanol–water partition coefficient (Wildman–Crippen LogP) is 1.41. The van der Waals surface area contributed by atoms with E-state index in [1.165, 1.54) is 0 Å². The Bertz CT molecular complexity index is 251. The Balaban J connectivity index is 2.14. The number of Topliss-reactive ketones (excluding diaryl/α,β-unsaturated/α-hetero) is 1. The van der Waals surface area contributed by atoms with Crippen molar-refractivity contribution in [3.05, 3.63) is 0 Å². The normalized spacial score (nSPS) is 42.9. The molecule has 2 rings (SSSR count). The van der Waals surface area contributed by atoms with Gasteiger partial charge in [0.15, 0.2) is 0 Å². The third kappa shape index (κ3) is 1.95. The quantitative estimate of drug-likeness (QED) is 0.691. The summed E-state index contributed by atoms with van der Waals surface area (Å²) >= 11 is 0. The first-order valence-corrected chi connectivity index (χ1v) is 6.08. The minimum absolute atomic E-state index is 0.157. The SMILES string of the molecule is O=C1CCCCC1C1(O)CCCCC1O. The number of aliphatic hydroxyl groups is 2. The first-order valence-electron chi connectivity index (χ1n) is 6.08. The molecule has 0 spiro atoms. The molecule has 0 aliphatic heterocycles. The second-order valence-electron chi connectivity index (χ2n) is 5.02. The molecule has 0 saturated heterocycles. The van der Waals surface area contributed by atoms with E-state index in [1.54, 1.807) is 0 Å². The van der Waals surface area contributed by atoms with Crippen molar-refractivity contribution in [3.63, 3.8) is 0 Å². The Kier molecular flexibility index (Phi) is 3.12. The molecule has 3 unspecified atom stereocenters. The molecular formula is C12H20O3. The fourth-order valence-corrected chi connectivity index (χ4v) is 3.08. The van der Waals surface area contributed by atoms with Gasteiger partial charge in [-0.1, -0.05) is 19.3 Å². The number of ketones is 1. The Hall–Kier alpha value is -0.410. The summed E-state index contributed by atoms with van der Waals surface area (Å²) in [6.45, 7) is 0. The van der Waals surface area contributed by atoms with E-state index < -0.39 is 11.7 Å². The number of rotatable bonds is 1. The third-order valence-electron chi connectivity index (χ3n) is 4.04. The number of carbonyl (C=O) groups excluding carboxylic acids is 1. The lowest BCUT2D eigenvalue weighted by molar-refractivity contribution is -0.160. The standard InChI is InChI=1S/C12H20O3/c13-10-6-2-1-5-9(10)12(15)8-4-3-7-11(12)14/h9,11,14-15H,1-8H2. The van der Waals surface area contributed by atoms with Gasteiger partial charge >= 0.3 is 0 Å². The van der Waals surface area contributed by atoms with E-state index in [2.05, 4.69) is 0 Å². The van der Waals surface area contributed by atoms with Crippen LogP contribution < -0.4 is 0 Å². The van der Waals surface area contributed by atoms with Crippen LogP contribution in [0.3, 0.4) is 0 Å². The fraction of sp³-hybridized carbons (Fsp3) is 0.917. The summed E-state index contributed by atoms with van der Waals surface area (Å²) < 4.78 is 0. The number of aliphatic hydroxyl groups excluding tert-OH is 1. The van der Waals surface area contributed by atoms with Gasteiger partial charge in [-0.05, 0) is 25.7 Å². The van der Waals surface area contributed by atoms with Crippen molar-refractivity contribution in [3.8, 4) is 0 Å². The second-order valence-corrected chi connectivity index (χ2v) is 5.02. The zero-order chi connectivity index (χ0) is 10.9. The summed E-state index contributed by atoms with van der Waals surface area (Å²) in [5.74, 6) is -0.147. The van der Waals surface area contributed by atoms with Crippen LogP contribution in [0.25, 0.3) is 0 Å². The fourth-order valence-electron chi connectivity index (χ4n) is 3.08. The third-order valence-corrected chi connectivity index (χ3v) is 4.04. The molecule has 0 heterocycles. The summed E-state index contributed by atoms with van der Waals surface area (Å²) in [4.78, 5) is 11.8. The highest BCUT2D eigenvalue weighted by atomic mass is 16.3. The Morgan fingerprint density at radius 2 is 1.87 bits per heavy atom. The minimum Gasteiger partial charge on any atom is -0.390 e. The molecule has 2 saturated carbocycles. The number of carbonyl (C=O) groups is 1. The van der Waals surface area contributed by atoms with Crippen molar-refractivity contribution in [2.24, 2.45) is 5.92 Å². The topological polar surface area (TPSA) is 57.5 Å². The molecular weight excluding hydrogens is 192 g/mol. The lowest BCUT2D eigenvalue weighted by atomic mass is 9.68. The van der Waals surface area contributed by atoms with Gasteiger partial charge in [0, 0.05) is 12.3 Å². The molecule has 0 aromatic rings. The first-order chi connectivity index (χ1) is 7.14. The van der Waals surface area contributed by atoms with Crippen LogP contribution in [0.1, 0.15) is 51.4 Å². The van der Waals surface area contributed by atoms with Crippen LogP contribution in [0, 0.1) is 5.92 Å². The van der Waals surface area contributed by atoms with Gasteiger partial charge in [-0.2, -0.15) is 0 Å². The van der Waals surface area contributed by atoms with Gasteiger partial charge in [0.05, 0.1) is 6.10 Å². The minimum atomic E-state index is -1.12. The van der Waals surface area contributed by atoms with Crippen molar-refractivity contribution < 1.29 is 15.0 Å². The van der Waals surface area contributed by atoms with E-state index >= 15 is 0 Å². The highest BCUT2D eigenvalue weighted by Crippen LogP contribution is 2.40. The number of hydrogen-bond donors (Lipinski definition) is 2. The highest BCUT2D eigenvalue weighted by Gasteiger charge is 2.47. The van der Waals surface area contributed by atoms with E-state index in [4.69, 9.17) is 0 Å². The van der Waals surface area contributed by atoms with Crippen LogP contribution >= 0.6 is 0 Å². The molecule has 15 heavy (non-hydrogen) atoms. The van der Waals surface area contributed by atoms with Gasteiger partial charge in [-0.3, -0.25) is 4.79 Å². The Labute approximate surface area is 90.5 Å². The van der Waals surface area contributed by atoms with Gasteiger partial charge in [0.2, 0.25) is 0 Å². The highest BCUT2D eigenvalue weighted by molar-refractivity contribution is 5.83. The van der Waals surface area contributed by atoms with E-state index in [0.29, 0.717) is 19.3 Å². The second kappa shape index (κ2) is 4.22. The molecule has 3 nitrogen and oxygen atoms in total. The van der Waals surface area contributed by atoms with Crippen molar-refractivity contribution >= 4 is 5.78 Å². The summed E-state index contributed by atoms with van der Waals surface area (Å²) in [7, 11) is 0. The first kappa shape index (κ1) is 11.1. The molecule has 0 amide bonds. The monoisotopic (exact) mass is 212 g/mol. The molecule has 86 valence electrons. The Morgan fingerprint density at radius 3 is 2.53 bits per heavy atom. The Morgan fingerprint density at radius 1 is 1.13 bits per heavy atom. The van der Waals surface area contributed by atoms with E-state index in [0.717, 1.165) is 32.1 Å². The van der Waals surface area contributed by atoms with Crippen LogP contribution in [0.15, 0.2) is 0 Å². The van der Waals surface area contributed by atoms with Gasteiger partial charge < -0.3 is 10.2 Å². The predicted molar refractivity (Wildman–Crippen MR) is 56.4 cm³/mol. The molecule has 2 N–H and O–H groups in total. The van der Waals surface area contributed by atoms with Crippen LogP contribution in [-0.4, -0.2) is 27.7 Å². The smallest absolute Gasteiger partial charge is 0.138 e.